The van der Waals surface area contributed by atoms with Crippen LogP contribution in [-0.2, 0) is 37.5 Å². The zero-order valence-corrected chi connectivity index (χ0v) is 21.8. The summed E-state index contributed by atoms with van der Waals surface area (Å²) < 4.78 is 30.8. The van der Waals surface area contributed by atoms with Gasteiger partial charge in [-0.1, -0.05) is 5.21 Å². The van der Waals surface area contributed by atoms with Crippen molar-refractivity contribution in [3.05, 3.63) is 70.3 Å². The third kappa shape index (κ3) is 5.15. The van der Waals surface area contributed by atoms with Crippen molar-refractivity contribution in [1.29, 1.82) is 0 Å². The molecule has 1 aliphatic rings. The van der Waals surface area contributed by atoms with E-state index in [0.717, 1.165) is 31.0 Å². The Kier molecular flexibility index (Phi) is 7.20. The van der Waals surface area contributed by atoms with E-state index in [9.17, 15) is 4.79 Å². The van der Waals surface area contributed by atoms with Crippen LogP contribution in [-0.4, -0.2) is 73.2 Å². The predicted octanol–water partition coefficient (Wildman–Crippen LogP) is 1.69. The fourth-order valence-corrected chi connectivity index (χ4v) is 4.53. The van der Waals surface area contributed by atoms with Crippen LogP contribution in [0.1, 0.15) is 38.7 Å². The van der Waals surface area contributed by atoms with Crippen LogP contribution in [0.15, 0.2) is 30.6 Å². The van der Waals surface area contributed by atoms with Crippen LogP contribution in [0.5, 0.6) is 5.75 Å². The number of fused-ring (bicyclic) bond motifs is 1. The molecular formula is C25H30FN9O3. The zero-order chi connectivity index (χ0) is 26.8. The summed E-state index contributed by atoms with van der Waals surface area (Å²) in [5, 5.41) is 20.1. The van der Waals surface area contributed by atoms with Crippen molar-refractivity contribution in [2.45, 2.75) is 39.7 Å². The number of carbonyl (C=O) groups is 1. The second-order valence-electron chi connectivity index (χ2n) is 9.27. The number of ether oxygens (including phenoxy) is 2. The van der Waals surface area contributed by atoms with E-state index in [1.807, 2.05) is 4.68 Å². The third-order valence-electron chi connectivity index (χ3n) is 6.41. The van der Waals surface area contributed by atoms with Gasteiger partial charge in [-0.25, -0.2) is 9.07 Å². The number of halogens is 1. The second kappa shape index (κ2) is 10.7. The lowest BCUT2D eigenvalue weighted by Crippen LogP contribution is -2.30. The summed E-state index contributed by atoms with van der Waals surface area (Å²) in [6.07, 6.45) is 3.34. The van der Waals surface area contributed by atoms with Crippen molar-refractivity contribution in [1.82, 2.24) is 44.8 Å². The molecule has 12 nitrogen and oxygen atoms in total. The van der Waals surface area contributed by atoms with E-state index in [1.54, 1.807) is 37.2 Å². The topological polar surface area (TPSA) is 117 Å². The Morgan fingerprint density at radius 3 is 2.76 bits per heavy atom. The average Bonchev–Trinajstić information content (AvgIpc) is 3.61. The van der Waals surface area contributed by atoms with Crippen LogP contribution in [0.2, 0.25) is 0 Å². The van der Waals surface area contributed by atoms with Gasteiger partial charge in [-0.3, -0.25) is 19.1 Å². The standard InChI is InChI=1S/C25H30FN9O3/c1-16-11-35(31-28-16)22-5-6-23(38-4)24(26)19(22)10-27-25(36)20-14-33(30-21(20)15-37-3)12-17-9-18-13-32(2)7-8-34(18)29-17/h5-6,9,11,14H,7-8,10,12-13,15H2,1-4H3,(H,27,36). The highest BCUT2D eigenvalue weighted by Gasteiger charge is 2.21. The summed E-state index contributed by atoms with van der Waals surface area (Å²) in [6, 6.07) is 5.25. The van der Waals surface area contributed by atoms with Gasteiger partial charge in [-0.05, 0) is 32.2 Å². The molecule has 0 saturated heterocycles. The highest BCUT2D eigenvalue weighted by atomic mass is 19.1. The molecule has 38 heavy (non-hydrogen) atoms. The minimum atomic E-state index is -0.583. The van der Waals surface area contributed by atoms with E-state index in [1.165, 1.54) is 17.9 Å². The molecule has 1 N–H and O–H groups in total. The number of rotatable bonds is 9. The fourth-order valence-electron chi connectivity index (χ4n) is 4.53. The normalized spacial score (nSPS) is 13.5. The Labute approximate surface area is 218 Å². The number of benzene rings is 1. The van der Waals surface area contributed by atoms with Gasteiger partial charge in [-0.15, -0.1) is 5.10 Å². The molecule has 4 aromatic rings. The minimum absolute atomic E-state index is 0.0664. The molecule has 5 rings (SSSR count). The number of likely N-dealkylation sites (N-methyl/N-ethyl adjacent to an activating group) is 1. The van der Waals surface area contributed by atoms with E-state index in [2.05, 4.69) is 43.8 Å². The van der Waals surface area contributed by atoms with E-state index >= 15 is 4.39 Å². The fraction of sp³-hybridized carbons (Fsp3) is 0.400. The maximum atomic E-state index is 15.3. The smallest absolute Gasteiger partial charge is 0.255 e. The Hall–Kier alpha value is -4.10. The summed E-state index contributed by atoms with van der Waals surface area (Å²) >= 11 is 0. The Morgan fingerprint density at radius 1 is 1.18 bits per heavy atom. The highest BCUT2D eigenvalue weighted by molar-refractivity contribution is 5.95. The summed E-state index contributed by atoms with van der Waals surface area (Å²) in [6.45, 7) is 4.87. The zero-order valence-electron chi connectivity index (χ0n) is 21.8. The molecule has 0 spiro atoms. The largest absolute Gasteiger partial charge is 0.494 e. The molecule has 4 heterocycles. The number of nitrogens with zero attached hydrogens (tertiary/aromatic N) is 8. The van der Waals surface area contributed by atoms with Gasteiger partial charge in [0.05, 0.1) is 61.3 Å². The van der Waals surface area contributed by atoms with Crippen molar-refractivity contribution in [2.24, 2.45) is 0 Å². The maximum Gasteiger partial charge on any atom is 0.255 e. The first-order valence-corrected chi connectivity index (χ1v) is 12.2. The second-order valence-corrected chi connectivity index (χ2v) is 9.27. The lowest BCUT2D eigenvalue weighted by atomic mass is 10.1. The van der Waals surface area contributed by atoms with Crippen LogP contribution in [0.25, 0.3) is 5.69 Å². The van der Waals surface area contributed by atoms with Crippen LogP contribution >= 0.6 is 0 Å². The summed E-state index contributed by atoms with van der Waals surface area (Å²) in [4.78, 5) is 15.5. The van der Waals surface area contributed by atoms with Crippen LogP contribution in [0.3, 0.4) is 0 Å². The number of carbonyl (C=O) groups excluding carboxylic acids is 1. The molecule has 3 aromatic heterocycles. The van der Waals surface area contributed by atoms with Gasteiger partial charge >= 0.3 is 0 Å². The molecule has 200 valence electrons. The third-order valence-corrected chi connectivity index (χ3v) is 6.41. The number of aromatic nitrogens is 7. The van der Waals surface area contributed by atoms with Crippen LogP contribution in [0, 0.1) is 12.7 Å². The highest BCUT2D eigenvalue weighted by Crippen LogP contribution is 2.26. The van der Waals surface area contributed by atoms with Gasteiger partial charge in [0.25, 0.3) is 5.91 Å². The number of hydrogen-bond donors (Lipinski definition) is 1. The summed E-state index contributed by atoms with van der Waals surface area (Å²) in [5.74, 6) is -0.922. The van der Waals surface area contributed by atoms with Gasteiger partial charge in [-0.2, -0.15) is 10.2 Å². The molecular weight excluding hydrogens is 493 g/mol. The molecule has 1 amide bonds. The summed E-state index contributed by atoms with van der Waals surface area (Å²) in [5.41, 5.74) is 4.18. The van der Waals surface area contributed by atoms with E-state index in [4.69, 9.17) is 9.47 Å². The van der Waals surface area contributed by atoms with Crippen LogP contribution in [0.4, 0.5) is 4.39 Å². The number of amides is 1. The molecule has 0 atom stereocenters. The monoisotopic (exact) mass is 523 g/mol. The Morgan fingerprint density at radius 2 is 2.03 bits per heavy atom. The molecule has 0 radical (unpaired) electrons. The predicted molar refractivity (Wildman–Crippen MR) is 134 cm³/mol. The molecule has 13 heteroatoms. The SMILES string of the molecule is COCc1nn(Cc2cc3n(n2)CCN(C)C3)cc1C(=O)NCc1c(-n2cc(C)nn2)ccc(OC)c1F. The molecule has 1 aliphatic heterocycles. The molecule has 0 aliphatic carbocycles. The molecule has 0 saturated carbocycles. The molecule has 1 aromatic carbocycles. The molecule has 0 bridgehead atoms. The molecule has 0 fully saturated rings. The van der Waals surface area contributed by atoms with E-state index in [-0.39, 0.29) is 24.5 Å². The summed E-state index contributed by atoms with van der Waals surface area (Å²) in [7, 11) is 5.01. The van der Waals surface area contributed by atoms with Crippen molar-refractivity contribution in [3.63, 3.8) is 0 Å². The average molecular weight is 524 g/mol. The first-order chi connectivity index (χ1) is 18.4. The number of methoxy groups -OCH3 is 2. The van der Waals surface area contributed by atoms with Gasteiger partial charge in [0, 0.05) is 38.5 Å². The van der Waals surface area contributed by atoms with Crippen molar-refractivity contribution in [2.75, 3.05) is 27.8 Å². The van der Waals surface area contributed by atoms with Gasteiger partial charge < -0.3 is 14.8 Å². The van der Waals surface area contributed by atoms with Crippen molar-refractivity contribution < 1.29 is 18.7 Å². The number of nitrogens with one attached hydrogen (secondary N) is 1. The Balaban J connectivity index is 1.37. The first-order valence-electron chi connectivity index (χ1n) is 12.2. The first kappa shape index (κ1) is 25.5. The van der Waals surface area contributed by atoms with Crippen molar-refractivity contribution in [3.8, 4) is 11.4 Å². The Bertz CT molecular complexity index is 1460. The maximum absolute atomic E-state index is 15.3. The lowest BCUT2D eigenvalue weighted by Gasteiger charge is -2.22. The minimum Gasteiger partial charge on any atom is -0.494 e. The van der Waals surface area contributed by atoms with E-state index < -0.39 is 11.7 Å². The molecule has 0 unspecified atom stereocenters. The van der Waals surface area contributed by atoms with E-state index in [0.29, 0.717) is 29.2 Å². The van der Waals surface area contributed by atoms with Gasteiger partial charge in [0.2, 0.25) is 0 Å². The lowest BCUT2D eigenvalue weighted by molar-refractivity contribution is 0.0945. The quantitative estimate of drug-likeness (QED) is 0.352. The van der Waals surface area contributed by atoms with Gasteiger partial charge in [0.1, 0.15) is 5.69 Å². The van der Waals surface area contributed by atoms with Crippen LogP contribution < -0.4 is 10.1 Å². The van der Waals surface area contributed by atoms with Crippen molar-refractivity contribution >= 4 is 5.91 Å². The number of aryl methyl sites for hydroxylation is 1. The van der Waals surface area contributed by atoms with Gasteiger partial charge in [0.15, 0.2) is 11.6 Å². The number of hydrogen-bond acceptors (Lipinski definition) is 8.